The van der Waals surface area contributed by atoms with E-state index in [0.29, 0.717) is 12.2 Å². The van der Waals surface area contributed by atoms with E-state index in [1.165, 1.54) is 12.1 Å². The van der Waals surface area contributed by atoms with Gasteiger partial charge in [0, 0.05) is 24.6 Å². The van der Waals surface area contributed by atoms with Gasteiger partial charge >= 0.3 is 6.03 Å². The standard InChI is InChI=1S/C21H21N3O3S/c1-2-16-5-9-19(10-6-16)28(26,27)20-11-7-18(8-12-20)24-21(25)23-15-17-4-3-13-22-14-17/h3-14H,2,15H2,1H3,(H2,23,24,25). The fraction of sp³-hybridized carbons (Fsp3) is 0.143. The van der Waals surface area contributed by atoms with Gasteiger partial charge in [0.15, 0.2) is 0 Å². The van der Waals surface area contributed by atoms with E-state index >= 15 is 0 Å². The molecular weight excluding hydrogens is 374 g/mol. The third-order valence-corrected chi connectivity index (χ3v) is 6.03. The zero-order valence-corrected chi connectivity index (χ0v) is 16.2. The highest BCUT2D eigenvalue weighted by molar-refractivity contribution is 7.91. The van der Waals surface area contributed by atoms with Crippen molar-refractivity contribution in [2.24, 2.45) is 0 Å². The first-order valence-electron chi connectivity index (χ1n) is 8.87. The van der Waals surface area contributed by atoms with Crippen molar-refractivity contribution >= 4 is 21.6 Å². The van der Waals surface area contributed by atoms with Crippen LogP contribution in [0.1, 0.15) is 18.1 Å². The van der Waals surface area contributed by atoms with Crippen molar-refractivity contribution < 1.29 is 13.2 Å². The van der Waals surface area contributed by atoms with E-state index in [1.807, 2.05) is 25.1 Å². The summed E-state index contributed by atoms with van der Waals surface area (Å²) >= 11 is 0. The molecule has 2 aromatic carbocycles. The molecule has 2 amide bonds. The van der Waals surface area contributed by atoms with Crippen LogP contribution in [0, 0.1) is 0 Å². The minimum atomic E-state index is -3.59. The molecule has 0 atom stereocenters. The highest BCUT2D eigenvalue weighted by atomic mass is 32.2. The Morgan fingerprint density at radius 2 is 1.57 bits per heavy atom. The number of hydrogen-bond acceptors (Lipinski definition) is 4. The fourth-order valence-corrected chi connectivity index (χ4v) is 3.88. The molecule has 1 heterocycles. The lowest BCUT2D eigenvalue weighted by Crippen LogP contribution is -2.28. The highest BCUT2D eigenvalue weighted by Gasteiger charge is 2.17. The Kier molecular flexibility index (Phi) is 6.06. The van der Waals surface area contributed by atoms with Gasteiger partial charge in [0.2, 0.25) is 9.84 Å². The summed E-state index contributed by atoms with van der Waals surface area (Å²) < 4.78 is 25.4. The number of aromatic nitrogens is 1. The van der Waals surface area contributed by atoms with Gasteiger partial charge in [-0.15, -0.1) is 0 Å². The molecule has 0 aliphatic carbocycles. The predicted molar refractivity (Wildman–Crippen MR) is 108 cm³/mol. The summed E-state index contributed by atoms with van der Waals surface area (Å²) in [5, 5.41) is 5.40. The molecule has 3 aromatic rings. The molecule has 0 saturated carbocycles. The number of carbonyl (C=O) groups is 1. The van der Waals surface area contributed by atoms with Gasteiger partial charge in [-0.2, -0.15) is 0 Å². The number of urea groups is 1. The van der Waals surface area contributed by atoms with Gasteiger partial charge < -0.3 is 10.6 Å². The Labute approximate surface area is 164 Å². The lowest BCUT2D eigenvalue weighted by molar-refractivity contribution is 0.251. The first-order chi connectivity index (χ1) is 13.5. The van der Waals surface area contributed by atoms with Gasteiger partial charge in [0.05, 0.1) is 9.79 Å². The van der Waals surface area contributed by atoms with Crippen LogP contribution in [0.2, 0.25) is 0 Å². The van der Waals surface area contributed by atoms with E-state index in [-0.39, 0.29) is 15.8 Å². The van der Waals surface area contributed by atoms with Crippen LogP contribution in [0.5, 0.6) is 0 Å². The zero-order valence-electron chi connectivity index (χ0n) is 15.4. The molecule has 0 bridgehead atoms. The number of anilines is 1. The third kappa shape index (κ3) is 4.75. The number of rotatable bonds is 6. The van der Waals surface area contributed by atoms with Crippen molar-refractivity contribution in [3.8, 4) is 0 Å². The third-order valence-electron chi connectivity index (χ3n) is 4.24. The van der Waals surface area contributed by atoms with Crippen LogP contribution in [0.15, 0.2) is 82.8 Å². The van der Waals surface area contributed by atoms with E-state index in [0.717, 1.165) is 17.5 Å². The fourth-order valence-electron chi connectivity index (χ4n) is 2.62. The van der Waals surface area contributed by atoms with Crippen molar-refractivity contribution in [2.75, 3.05) is 5.32 Å². The van der Waals surface area contributed by atoms with E-state index in [1.54, 1.807) is 42.7 Å². The van der Waals surface area contributed by atoms with Crippen LogP contribution in [0.4, 0.5) is 10.5 Å². The van der Waals surface area contributed by atoms with Crippen molar-refractivity contribution in [1.29, 1.82) is 0 Å². The van der Waals surface area contributed by atoms with Crippen molar-refractivity contribution in [2.45, 2.75) is 29.7 Å². The number of amides is 2. The molecule has 0 fully saturated rings. The molecule has 0 aliphatic heterocycles. The maximum absolute atomic E-state index is 12.7. The van der Waals surface area contributed by atoms with Gasteiger partial charge in [-0.1, -0.05) is 25.1 Å². The molecule has 0 radical (unpaired) electrons. The monoisotopic (exact) mass is 395 g/mol. The topological polar surface area (TPSA) is 88.2 Å². The van der Waals surface area contributed by atoms with E-state index < -0.39 is 9.84 Å². The lowest BCUT2D eigenvalue weighted by atomic mass is 10.2. The Morgan fingerprint density at radius 3 is 2.14 bits per heavy atom. The average molecular weight is 395 g/mol. The number of hydrogen-bond donors (Lipinski definition) is 2. The van der Waals surface area contributed by atoms with Crippen LogP contribution in [0.3, 0.4) is 0 Å². The number of benzene rings is 2. The molecule has 0 aliphatic rings. The number of carbonyl (C=O) groups excluding carboxylic acids is 1. The maximum atomic E-state index is 12.7. The molecule has 0 unspecified atom stereocenters. The van der Waals surface area contributed by atoms with Gasteiger partial charge in [-0.25, -0.2) is 13.2 Å². The van der Waals surface area contributed by atoms with Crippen LogP contribution in [0.25, 0.3) is 0 Å². The Morgan fingerprint density at radius 1 is 0.929 bits per heavy atom. The van der Waals surface area contributed by atoms with Gasteiger partial charge in [0.25, 0.3) is 0 Å². The normalized spacial score (nSPS) is 11.0. The summed E-state index contributed by atoms with van der Waals surface area (Å²) in [5.41, 5.74) is 2.47. The minimum Gasteiger partial charge on any atom is -0.334 e. The van der Waals surface area contributed by atoms with Crippen LogP contribution < -0.4 is 10.6 Å². The highest BCUT2D eigenvalue weighted by Crippen LogP contribution is 2.22. The smallest absolute Gasteiger partial charge is 0.319 e. The van der Waals surface area contributed by atoms with Gasteiger partial charge in [0.1, 0.15) is 0 Å². The van der Waals surface area contributed by atoms with E-state index in [4.69, 9.17) is 0 Å². The summed E-state index contributed by atoms with van der Waals surface area (Å²) in [6.07, 6.45) is 4.19. The minimum absolute atomic E-state index is 0.179. The second-order valence-electron chi connectivity index (χ2n) is 6.19. The molecule has 6 nitrogen and oxygen atoms in total. The van der Waals surface area contributed by atoms with E-state index in [2.05, 4.69) is 15.6 Å². The molecule has 3 rings (SSSR count). The Balaban J connectivity index is 1.64. The second kappa shape index (κ2) is 8.67. The summed E-state index contributed by atoms with van der Waals surface area (Å²) in [5.74, 6) is 0. The van der Waals surface area contributed by atoms with Crippen LogP contribution in [-0.4, -0.2) is 19.4 Å². The largest absolute Gasteiger partial charge is 0.334 e. The van der Waals surface area contributed by atoms with Crippen molar-refractivity contribution in [1.82, 2.24) is 10.3 Å². The lowest BCUT2D eigenvalue weighted by Gasteiger charge is -2.09. The number of sulfone groups is 1. The Bertz CT molecular complexity index is 1030. The Hall–Kier alpha value is -3.19. The van der Waals surface area contributed by atoms with Crippen LogP contribution in [-0.2, 0) is 22.8 Å². The maximum Gasteiger partial charge on any atom is 0.319 e. The van der Waals surface area contributed by atoms with Gasteiger partial charge in [-0.3, -0.25) is 4.98 Å². The molecule has 0 spiro atoms. The molecular formula is C21H21N3O3S. The molecule has 0 saturated heterocycles. The van der Waals surface area contributed by atoms with Crippen molar-refractivity contribution in [3.05, 3.63) is 84.2 Å². The molecule has 1 aromatic heterocycles. The first kappa shape index (κ1) is 19.6. The summed E-state index contributed by atoms with van der Waals surface area (Å²) in [7, 11) is -3.59. The van der Waals surface area contributed by atoms with Crippen molar-refractivity contribution in [3.63, 3.8) is 0 Å². The molecule has 2 N–H and O–H groups in total. The number of pyridine rings is 1. The molecule has 7 heteroatoms. The summed E-state index contributed by atoms with van der Waals surface area (Å²) in [6.45, 7) is 2.36. The van der Waals surface area contributed by atoms with Crippen LogP contribution >= 0.6 is 0 Å². The predicted octanol–water partition coefficient (Wildman–Crippen LogP) is 3.80. The molecule has 28 heavy (non-hydrogen) atoms. The average Bonchev–Trinajstić information content (AvgIpc) is 2.73. The summed E-state index contributed by atoms with van der Waals surface area (Å²) in [4.78, 5) is 16.4. The van der Waals surface area contributed by atoms with E-state index in [9.17, 15) is 13.2 Å². The first-order valence-corrected chi connectivity index (χ1v) is 10.3. The quantitative estimate of drug-likeness (QED) is 0.664. The summed E-state index contributed by atoms with van der Waals surface area (Å²) in [6, 6.07) is 16.2. The number of nitrogens with zero attached hydrogens (tertiary/aromatic N) is 1. The SMILES string of the molecule is CCc1ccc(S(=O)(=O)c2ccc(NC(=O)NCc3cccnc3)cc2)cc1. The molecule has 144 valence electrons. The number of nitrogens with one attached hydrogen (secondary N) is 2. The second-order valence-corrected chi connectivity index (χ2v) is 8.14. The zero-order chi connectivity index (χ0) is 20.0. The number of aryl methyl sites for hydroxylation is 1. The van der Waals surface area contributed by atoms with Gasteiger partial charge in [-0.05, 0) is 60.0 Å².